The van der Waals surface area contributed by atoms with Gasteiger partial charge in [-0.05, 0) is 100 Å². The predicted molar refractivity (Wildman–Crippen MR) is 218 cm³/mol. The third-order valence-corrected chi connectivity index (χ3v) is 11.0. The van der Waals surface area contributed by atoms with E-state index in [1.807, 2.05) is 0 Å². The summed E-state index contributed by atoms with van der Waals surface area (Å²) in [6, 6.07) is 60.6. The molecule has 0 saturated heterocycles. The summed E-state index contributed by atoms with van der Waals surface area (Å²) >= 11 is 0. The van der Waals surface area contributed by atoms with Gasteiger partial charge >= 0.3 is 0 Å². The largest absolute Gasteiger partial charge is 0.295 e. The molecule has 0 N–H and O–H groups in total. The molecule has 0 unspecified atom stereocenters. The summed E-state index contributed by atoms with van der Waals surface area (Å²) < 4.78 is 2.41. The van der Waals surface area contributed by atoms with Crippen LogP contribution in [0.2, 0.25) is 0 Å². The predicted octanol–water partition coefficient (Wildman–Crippen LogP) is 13.3. The van der Waals surface area contributed by atoms with E-state index in [2.05, 4.69) is 175 Å². The monoisotopic (exact) mass is 648 g/mol. The first-order chi connectivity index (χ1) is 25.3. The second kappa shape index (κ2) is 10.7. The van der Waals surface area contributed by atoms with Crippen LogP contribution in [0.15, 0.2) is 164 Å². The van der Waals surface area contributed by atoms with Gasteiger partial charge < -0.3 is 0 Å². The molecule has 0 aliphatic heterocycles. The van der Waals surface area contributed by atoms with Crippen LogP contribution in [0.25, 0.3) is 103 Å². The fourth-order valence-corrected chi connectivity index (χ4v) is 8.95. The Morgan fingerprint density at radius 3 is 1.61 bits per heavy atom. The van der Waals surface area contributed by atoms with Crippen LogP contribution >= 0.6 is 0 Å². The van der Waals surface area contributed by atoms with Crippen molar-refractivity contribution in [2.45, 2.75) is 13.3 Å². The fraction of sp³-hybridized carbons (Fsp3) is 0.0408. The molecule has 0 fully saturated rings. The van der Waals surface area contributed by atoms with E-state index in [9.17, 15) is 0 Å². The number of fused-ring (bicyclic) bond motifs is 8. The summed E-state index contributed by atoms with van der Waals surface area (Å²) in [5.74, 6) is 1.07. The summed E-state index contributed by atoms with van der Waals surface area (Å²) in [6.45, 7) is 2.20. The van der Waals surface area contributed by atoms with Crippen LogP contribution in [0.5, 0.6) is 0 Å². The van der Waals surface area contributed by atoms with E-state index < -0.39 is 0 Å². The average Bonchev–Trinajstić information content (AvgIpc) is 3.57. The van der Waals surface area contributed by atoms with Gasteiger partial charge in [-0.3, -0.25) is 4.57 Å². The lowest BCUT2D eigenvalue weighted by molar-refractivity contribution is 0.917. The van der Waals surface area contributed by atoms with Crippen LogP contribution in [-0.2, 0) is 6.42 Å². The minimum Gasteiger partial charge on any atom is -0.295 e. The highest BCUT2D eigenvalue weighted by atomic mass is 15.1. The molecular formula is C49H32N2. The van der Waals surface area contributed by atoms with Gasteiger partial charge in [0.1, 0.15) is 5.82 Å². The van der Waals surface area contributed by atoms with E-state index in [0.29, 0.717) is 0 Å². The Labute approximate surface area is 294 Å². The van der Waals surface area contributed by atoms with Crippen molar-refractivity contribution in [3.63, 3.8) is 0 Å². The molecule has 1 heterocycles. The summed E-state index contributed by atoms with van der Waals surface area (Å²) in [4.78, 5) is 5.11. The quantitative estimate of drug-likeness (QED) is 0.138. The van der Waals surface area contributed by atoms with Crippen molar-refractivity contribution in [2.24, 2.45) is 0 Å². The highest BCUT2D eigenvalue weighted by molar-refractivity contribution is 6.33. The molecule has 11 rings (SSSR count). The number of para-hydroxylation sites is 2. The molecule has 0 amide bonds. The number of hydrogen-bond acceptors (Lipinski definition) is 1. The van der Waals surface area contributed by atoms with Gasteiger partial charge in [0.05, 0.1) is 16.7 Å². The molecule has 0 spiro atoms. The summed E-state index contributed by atoms with van der Waals surface area (Å²) in [5, 5.41) is 17.7. The normalized spacial score (nSPS) is 12.1. The molecule has 0 saturated carbocycles. The molecule has 0 atom stereocenters. The lowest BCUT2D eigenvalue weighted by Crippen LogP contribution is -2.03. The number of rotatable bonds is 3. The van der Waals surface area contributed by atoms with E-state index in [4.69, 9.17) is 4.98 Å². The Kier molecular flexibility index (Phi) is 5.97. The molecular weight excluding hydrogens is 617 g/mol. The maximum Gasteiger partial charge on any atom is 0.114 e. The molecule has 0 bridgehead atoms. The number of aromatic nitrogens is 2. The van der Waals surface area contributed by atoms with Crippen molar-refractivity contribution < 1.29 is 0 Å². The summed E-state index contributed by atoms with van der Waals surface area (Å²) in [7, 11) is 0. The highest BCUT2D eigenvalue weighted by Crippen LogP contribution is 2.46. The SMILES string of the molecule is CCc1nc2ccccc2n1-c1c2ccccc2c(-c2cc3ccc4cccc5c6ccccc6c6ccccc6c(c2)c3c45)c2ccccc12. The van der Waals surface area contributed by atoms with Gasteiger partial charge in [-0.25, -0.2) is 4.98 Å². The Morgan fingerprint density at radius 1 is 0.431 bits per heavy atom. The van der Waals surface area contributed by atoms with Crippen LogP contribution in [-0.4, -0.2) is 9.55 Å². The third-order valence-electron chi connectivity index (χ3n) is 11.0. The van der Waals surface area contributed by atoms with E-state index in [1.165, 1.54) is 92.2 Å². The van der Waals surface area contributed by atoms with Gasteiger partial charge in [0.25, 0.3) is 0 Å². The molecule has 2 heteroatoms. The fourth-order valence-electron chi connectivity index (χ4n) is 8.95. The van der Waals surface area contributed by atoms with Gasteiger partial charge in [0, 0.05) is 17.2 Å². The number of hydrogen-bond donors (Lipinski definition) is 0. The lowest BCUT2D eigenvalue weighted by Gasteiger charge is -2.20. The first kappa shape index (κ1) is 28.3. The molecule has 0 aliphatic carbocycles. The zero-order valence-electron chi connectivity index (χ0n) is 28.2. The summed E-state index contributed by atoms with van der Waals surface area (Å²) in [5.41, 5.74) is 5.85. The van der Waals surface area contributed by atoms with Crippen molar-refractivity contribution in [1.29, 1.82) is 0 Å². The van der Waals surface area contributed by atoms with Crippen LogP contribution in [0.4, 0.5) is 0 Å². The standard InChI is InChI=1S/C49H32N2/c1-2-45-50-43-24-11-12-25-44(43)51(45)49-40-21-9-7-19-38(40)46(39-20-8-10-22-41(39)49)32-28-31-27-26-30-14-13-23-37-35-17-5-3-15-33(35)34-16-4-6-18-36(34)42(29-32)48(31)47(30)37/h3-29H,2H2,1H3. The third kappa shape index (κ3) is 3.96. The van der Waals surface area contributed by atoms with E-state index >= 15 is 0 Å². The molecule has 0 aliphatic rings. The van der Waals surface area contributed by atoms with Crippen molar-refractivity contribution in [2.75, 3.05) is 0 Å². The second-order valence-corrected chi connectivity index (χ2v) is 13.7. The molecule has 11 aromatic rings. The Morgan fingerprint density at radius 2 is 0.941 bits per heavy atom. The van der Waals surface area contributed by atoms with Gasteiger partial charge in [0.2, 0.25) is 0 Å². The zero-order chi connectivity index (χ0) is 33.6. The first-order valence-corrected chi connectivity index (χ1v) is 17.9. The zero-order valence-corrected chi connectivity index (χ0v) is 28.2. The lowest BCUT2D eigenvalue weighted by atomic mass is 9.86. The topological polar surface area (TPSA) is 17.8 Å². The Balaban J connectivity index is 1.35. The van der Waals surface area contributed by atoms with Crippen molar-refractivity contribution in [3.05, 3.63) is 170 Å². The summed E-state index contributed by atoms with van der Waals surface area (Å²) in [6.07, 6.45) is 0.839. The van der Waals surface area contributed by atoms with E-state index in [1.54, 1.807) is 0 Å². The number of nitrogens with zero attached hydrogens (tertiary/aromatic N) is 2. The highest BCUT2D eigenvalue weighted by Gasteiger charge is 2.21. The minimum atomic E-state index is 0.839. The van der Waals surface area contributed by atoms with Gasteiger partial charge in [0.15, 0.2) is 0 Å². The Bertz CT molecular complexity index is 3180. The number of imidazole rings is 1. The molecule has 2 nitrogen and oxygen atoms in total. The van der Waals surface area contributed by atoms with Crippen molar-refractivity contribution >= 4 is 86.4 Å². The van der Waals surface area contributed by atoms with E-state index in [-0.39, 0.29) is 0 Å². The number of benzene rings is 9. The maximum atomic E-state index is 5.11. The van der Waals surface area contributed by atoms with Crippen LogP contribution < -0.4 is 0 Å². The number of aryl methyl sites for hydroxylation is 1. The van der Waals surface area contributed by atoms with Crippen LogP contribution in [0.3, 0.4) is 0 Å². The smallest absolute Gasteiger partial charge is 0.114 e. The second-order valence-electron chi connectivity index (χ2n) is 13.7. The first-order valence-electron chi connectivity index (χ1n) is 17.9. The average molecular weight is 649 g/mol. The maximum absolute atomic E-state index is 5.11. The van der Waals surface area contributed by atoms with Crippen LogP contribution in [0.1, 0.15) is 12.7 Å². The molecule has 238 valence electrons. The van der Waals surface area contributed by atoms with Crippen molar-refractivity contribution in [1.82, 2.24) is 9.55 Å². The van der Waals surface area contributed by atoms with E-state index in [0.717, 1.165) is 23.3 Å². The van der Waals surface area contributed by atoms with Gasteiger partial charge in [-0.15, -0.1) is 0 Å². The molecule has 1 aromatic heterocycles. The van der Waals surface area contributed by atoms with Crippen molar-refractivity contribution in [3.8, 4) is 16.8 Å². The molecule has 10 aromatic carbocycles. The molecule has 0 radical (unpaired) electrons. The molecule has 51 heavy (non-hydrogen) atoms. The van der Waals surface area contributed by atoms with Crippen LogP contribution in [0, 0.1) is 0 Å². The Hall–Kier alpha value is -6.51. The van der Waals surface area contributed by atoms with Gasteiger partial charge in [-0.2, -0.15) is 0 Å². The van der Waals surface area contributed by atoms with Gasteiger partial charge in [-0.1, -0.05) is 146 Å². The minimum absolute atomic E-state index is 0.839.